The van der Waals surface area contributed by atoms with Crippen molar-refractivity contribution in [3.05, 3.63) is 11.6 Å². The Balaban J connectivity index is 1.57. The predicted molar refractivity (Wildman–Crippen MR) is 130 cm³/mol. The number of aldehydes is 1. The van der Waals surface area contributed by atoms with Crippen molar-refractivity contribution in [2.24, 2.45) is 56.7 Å². The van der Waals surface area contributed by atoms with Crippen LogP contribution in [-0.4, -0.2) is 6.29 Å². The Hall–Kier alpha value is -0.590. The standard InChI is InChI=1S/C30H48O/c1-20(2)22-11-12-23-27(22,5)15-16-29(7)25-13-14-26(4)21(3)9-8-10-24(26)30(25,19-31)18-17-28(23,29)6/h9,19-20,22-25H,8,10-18H2,1-7H3/t22-,23-,24-,25-,26-,27-,28+,29-,30-/m1/s1. The normalized spacial score (nSPS) is 56.2. The Morgan fingerprint density at radius 3 is 2.19 bits per heavy atom. The van der Waals surface area contributed by atoms with Crippen LogP contribution in [0.3, 0.4) is 0 Å². The number of rotatable bonds is 2. The van der Waals surface area contributed by atoms with E-state index < -0.39 is 0 Å². The van der Waals surface area contributed by atoms with Crippen molar-refractivity contribution in [3.63, 3.8) is 0 Å². The van der Waals surface area contributed by atoms with E-state index in [0.29, 0.717) is 28.1 Å². The Bertz CT molecular complexity index is 794. The van der Waals surface area contributed by atoms with Crippen molar-refractivity contribution in [2.45, 2.75) is 113 Å². The first-order valence-electron chi connectivity index (χ1n) is 13.6. The summed E-state index contributed by atoms with van der Waals surface area (Å²) in [6.45, 7) is 17.8. The van der Waals surface area contributed by atoms with Gasteiger partial charge in [-0.3, -0.25) is 0 Å². The minimum atomic E-state index is -0.0828. The predicted octanol–water partition coefficient (Wildman–Crippen LogP) is 8.23. The molecular weight excluding hydrogens is 376 g/mol. The van der Waals surface area contributed by atoms with Gasteiger partial charge in [-0.05, 0) is 122 Å². The average molecular weight is 425 g/mol. The first-order valence-corrected chi connectivity index (χ1v) is 13.6. The molecule has 0 saturated heterocycles. The van der Waals surface area contributed by atoms with E-state index in [-0.39, 0.29) is 10.8 Å². The molecule has 0 unspecified atom stereocenters. The van der Waals surface area contributed by atoms with E-state index in [2.05, 4.69) is 54.5 Å². The van der Waals surface area contributed by atoms with Crippen LogP contribution in [-0.2, 0) is 4.79 Å². The summed E-state index contributed by atoms with van der Waals surface area (Å²) in [5, 5.41) is 0. The van der Waals surface area contributed by atoms with Gasteiger partial charge in [-0.1, -0.05) is 53.2 Å². The van der Waals surface area contributed by atoms with Gasteiger partial charge in [0.05, 0.1) is 0 Å². The molecule has 0 bridgehead atoms. The molecular formula is C30H48O. The zero-order valence-corrected chi connectivity index (χ0v) is 21.5. The third kappa shape index (κ3) is 2.48. The molecule has 4 fully saturated rings. The molecule has 9 atom stereocenters. The van der Waals surface area contributed by atoms with Crippen molar-refractivity contribution in [1.29, 1.82) is 0 Å². The van der Waals surface area contributed by atoms with Crippen LogP contribution >= 0.6 is 0 Å². The third-order valence-electron chi connectivity index (χ3n) is 13.4. The Morgan fingerprint density at radius 1 is 0.839 bits per heavy atom. The van der Waals surface area contributed by atoms with Crippen molar-refractivity contribution >= 4 is 6.29 Å². The fraction of sp³-hybridized carbons (Fsp3) is 0.900. The Labute approximate surface area is 192 Å². The molecule has 0 aromatic rings. The first-order chi connectivity index (χ1) is 14.5. The monoisotopic (exact) mass is 424 g/mol. The lowest BCUT2D eigenvalue weighted by Crippen LogP contribution is -2.67. The third-order valence-corrected chi connectivity index (χ3v) is 13.4. The second kappa shape index (κ2) is 6.73. The lowest BCUT2D eigenvalue weighted by molar-refractivity contribution is -0.231. The molecule has 0 aliphatic heterocycles. The minimum Gasteiger partial charge on any atom is -0.303 e. The van der Waals surface area contributed by atoms with Gasteiger partial charge in [0.15, 0.2) is 0 Å². The number of carbonyl (C=O) groups excluding carboxylic acids is 1. The highest BCUT2D eigenvalue weighted by Crippen LogP contribution is 2.78. The summed E-state index contributed by atoms with van der Waals surface area (Å²) in [6.07, 6.45) is 17.0. The van der Waals surface area contributed by atoms with Gasteiger partial charge in [0.25, 0.3) is 0 Å². The SMILES string of the molecule is CC1=CCC[C@H]2[C@]3(C=O)CC[C@@]4(C)[C@@H]5CC[C@H](C(C)C)[C@@]5(C)CC[C@]4(C)[C@H]3CC[C@]12C. The van der Waals surface area contributed by atoms with Crippen LogP contribution in [0.2, 0.25) is 0 Å². The van der Waals surface area contributed by atoms with Gasteiger partial charge in [-0.15, -0.1) is 0 Å². The van der Waals surface area contributed by atoms with Gasteiger partial charge in [0.2, 0.25) is 0 Å². The van der Waals surface area contributed by atoms with Crippen LogP contribution in [0.5, 0.6) is 0 Å². The van der Waals surface area contributed by atoms with E-state index in [4.69, 9.17) is 0 Å². The van der Waals surface area contributed by atoms with Crippen LogP contribution in [0, 0.1) is 56.7 Å². The smallest absolute Gasteiger partial charge is 0.126 e. The number of allylic oxidation sites excluding steroid dienone is 2. The maximum Gasteiger partial charge on any atom is 0.126 e. The van der Waals surface area contributed by atoms with Crippen LogP contribution in [0.1, 0.15) is 113 Å². The molecule has 0 N–H and O–H groups in total. The fourth-order valence-corrected chi connectivity index (χ4v) is 11.5. The zero-order valence-electron chi connectivity index (χ0n) is 21.5. The van der Waals surface area contributed by atoms with E-state index in [1.54, 1.807) is 5.57 Å². The number of carbonyl (C=O) groups is 1. The summed E-state index contributed by atoms with van der Waals surface area (Å²) in [5.41, 5.74) is 2.97. The van der Waals surface area contributed by atoms with E-state index >= 15 is 0 Å². The van der Waals surface area contributed by atoms with Crippen LogP contribution in [0.15, 0.2) is 11.6 Å². The highest BCUT2D eigenvalue weighted by Gasteiger charge is 2.72. The molecule has 31 heavy (non-hydrogen) atoms. The molecule has 0 amide bonds. The molecule has 4 saturated carbocycles. The summed E-state index contributed by atoms with van der Waals surface area (Å²) in [7, 11) is 0. The largest absolute Gasteiger partial charge is 0.303 e. The van der Waals surface area contributed by atoms with Gasteiger partial charge in [-0.2, -0.15) is 0 Å². The highest BCUT2D eigenvalue weighted by molar-refractivity contribution is 5.63. The number of hydrogen-bond donors (Lipinski definition) is 0. The van der Waals surface area contributed by atoms with Crippen molar-refractivity contribution in [2.75, 3.05) is 0 Å². The van der Waals surface area contributed by atoms with Gasteiger partial charge in [0.1, 0.15) is 6.29 Å². The lowest BCUT2D eigenvalue weighted by Gasteiger charge is -2.72. The molecule has 5 rings (SSSR count). The second-order valence-electron chi connectivity index (χ2n) is 14.1. The number of hydrogen-bond acceptors (Lipinski definition) is 1. The summed E-state index contributed by atoms with van der Waals surface area (Å²) < 4.78 is 0. The molecule has 0 aromatic heterocycles. The number of fused-ring (bicyclic) bond motifs is 7. The lowest BCUT2D eigenvalue weighted by atomic mass is 9.31. The van der Waals surface area contributed by atoms with Crippen LogP contribution in [0.4, 0.5) is 0 Å². The highest BCUT2D eigenvalue weighted by atomic mass is 16.1. The van der Waals surface area contributed by atoms with E-state index in [1.165, 1.54) is 64.1 Å². The molecule has 0 heterocycles. The summed E-state index contributed by atoms with van der Waals surface area (Å²) >= 11 is 0. The van der Waals surface area contributed by atoms with Gasteiger partial charge < -0.3 is 4.79 Å². The molecule has 0 spiro atoms. The van der Waals surface area contributed by atoms with E-state index in [9.17, 15) is 4.79 Å². The maximum atomic E-state index is 13.2. The Morgan fingerprint density at radius 2 is 1.52 bits per heavy atom. The quantitative estimate of drug-likeness (QED) is 0.322. The molecule has 0 radical (unpaired) electrons. The van der Waals surface area contributed by atoms with Crippen LogP contribution in [0.25, 0.3) is 0 Å². The van der Waals surface area contributed by atoms with Crippen LogP contribution < -0.4 is 0 Å². The minimum absolute atomic E-state index is 0.0828. The summed E-state index contributed by atoms with van der Waals surface area (Å²) in [4.78, 5) is 13.2. The molecule has 1 heteroatoms. The van der Waals surface area contributed by atoms with Crippen molar-refractivity contribution in [1.82, 2.24) is 0 Å². The molecule has 1 nitrogen and oxygen atoms in total. The zero-order chi connectivity index (χ0) is 22.4. The fourth-order valence-electron chi connectivity index (χ4n) is 11.5. The second-order valence-corrected chi connectivity index (χ2v) is 14.1. The van der Waals surface area contributed by atoms with Crippen molar-refractivity contribution < 1.29 is 4.79 Å². The Kier molecular flexibility index (Phi) is 4.82. The van der Waals surface area contributed by atoms with E-state index in [0.717, 1.165) is 24.2 Å². The van der Waals surface area contributed by atoms with Gasteiger partial charge in [0, 0.05) is 5.41 Å². The van der Waals surface area contributed by atoms with E-state index in [1.807, 2.05) is 0 Å². The first kappa shape index (κ1) is 22.2. The van der Waals surface area contributed by atoms with Crippen molar-refractivity contribution in [3.8, 4) is 0 Å². The molecule has 174 valence electrons. The summed E-state index contributed by atoms with van der Waals surface area (Å²) in [6, 6.07) is 0. The average Bonchev–Trinajstić information content (AvgIpc) is 3.09. The topological polar surface area (TPSA) is 17.1 Å². The summed E-state index contributed by atoms with van der Waals surface area (Å²) in [5.74, 6) is 3.67. The molecule has 5 aliphatic carbocycles. The van der Waals surface area contributed by atoms with Gasteiger partial charge in [-0.25, -0.2) is 0 Å². The maximum absolute atomic E-state index is 13.2. The molecule has 0 aromatic carbocycles. The molecule has 5 aliphatic rings. The van der Waals surface area contributed by atoms with Gasteiger partial charge >= 0.3 is 0 Å².